The van der Waals surface area contributed by atoms with Crippen LogP contribution in [-0.4, -0.2) is 36.3 Å². The summed E-state index contributed by atoms with van der Waals surface area (Å²) in [7, 11) is 0. The van der Waals surface area contributed by atoms with Gasteiger partial charge in [0.05, 0.1) is 41.0 Å². The monoisotopic (exact) mass is 370 g/mol. The van der Waals surface area contributed by atoms with Crippen molar-refractivity contribution in [3.8, 4) is 0 Å². The van der Waals surface area contributed by atoms with E-state index >= 15 is 0 Å². The molecule has 0 aliphatic carbocycles. The van der Waals surface area contributed by atoms with E-state index < -0.39 is 11.7 Å². The van der Waals surface area contributed by atoms with Gasteiger partial charge in [-0.1, -0.05) is 17.7 Å². The molecule has 1 aromatic carbocycles. The highest BCUT2D eigenvalue weighted by Crippen LogP contribution is 2.20. The maximum absolute atomic E-state index is 13.9. The van der Waals surface area contributed by atoms with Gasteiger partial charge in [0.25, 0.3) is 5.91 Å². The van der Waals surface area contributed by atoms with E-state index in [2.05, 4.69) is 10.3 Å². The Morgan fingerprint density at radius 3 is 3.17 bits per heavy atom. The van der Waals surface area contributed by atoms with Crippen LogP contribution in [0.25, 0.3) is 0 Å². The second kappa shape index (κ2) is 8.02. The van der Waals surface area contributed by atoms with E-state index in [1.807, 2.05) is 5.38 Å². The lowest BCUT2D eigenvalue weighted by molar-refractivity contribution is -0.0742. The van der Waals surface area contributed by atoms with Gasteiger partial charge in [-0.15, -0.1) is 11.3 Å². The van der Waals surface area contributed by atoms with Gasteiger partial charge in [0.2, 0.25) is 0 Å². The molecule has 0 spiro atoms. The number of halogens is 2. The summed E-state index contributed by atoms with van der Waals surface area (Å²) in [4.78, 5) is 16.5. The molecule has 0 bridgehead atoms. The van der Waals surface area contributed by atoms with Gasteiger partial charge < -0.3 is 14.8 Å². The first-order chi connectivity index (χ1) is 11.6. The summed E-state index contributed by atoms with van der Waals surface area (Å²) in [5.41, 5.74) is 2.41. The number of nitrogens with one attached hydrogen (secondary N) is 1. The van der Waals surface area contributed by atoms with E-state index in [0.29, 0.717) is 26.2 Å². The zero-order chi connectivity index (χ0) is 16.9. The van der Waals surface area contributed by atoms with Crippen LogP contribution >= 0.6 is 22.9 Å². The number of carbonyl (C=O) groups excluding carboxylic acids is 1. The summed E-state index contributed by atoms with van der Waals surface area (Å²) in [5, 5.41) is 4.79. The number of rotatable bonds is 5. The molecule has 2 atom stereocenters. The van der Waals surface area contributed by atoms with Crippen molar-refractivity contribution >= 4 is 28.8 Å². The maximum Gasteiger partial charge on any atom is 0.256 e. The van der Waals surface area contributed by atoms with E-state index in [-0.39, 0.29) is 22.7 Å². The van der Waals surface area contributed by atoms with Gasteiger partial charge in [0.15, 0.2) is 0 Å². The van der Waals surface area contributed by atoms with Crippen molar-refractivity contribution in [1.29, 1.82) is 0 Å². The molecule has 5 nitrogen and oxygen atoms in total. The predicted octanol–water partition coefficient (Wildman–Crippen LogP) is 3.04. The molecule has 128 valence electrons. The Morgan fingerprint density at radius 1 is 1.54 bits per heavy atom. The molecular formula is C16H16ClFN2O3S. The smallest absolute Gasteiger partial charge is 0.256 e. The average Bonchev–Trinajstić information content (AvgIpc) is 3.07. The third-order valence-corrected chi connectivity index (χ3v) is 4.69. The van der Waals surface area contributed by atoms with Crippen LogP contribution in [0.2, 0.25) is 5.02 Å². The van der Waals surface area contributed by atoms with Gasteiger partial charge in [0.1, 0.15) is 11.9 Å². The summed E-state index contributed by atoms with van der Waals surface area (Å²) in [5.74, 6) is -1.20. The molecule has 2 heterocycles. The van der Waals surface area contributed by atoms with Crippen LogP contribution in [-0.2, 0) is 16.1 Å². The van der Waals surface area contributed by atoms with Crippen LogP contribution in [0, 0.1) is 5.82 Å². The number of amides is 1. The van der Waals surface area contributed by atoms with Gasteiger partial charge in [-0.05, 0) is 18.6 Å². The Hall–Kier alpha value is -1.54. The van der Waals surface area contributed by atoms with Crippen LogP contribution in [0.15, 0.2) is 29.1 Å². The third-order valence-electron chi connectivity index (χ3n) is 3.74. The molecule has 0 radical (unpaired) electrons. The Bertz CT molecular complexity index is 678. The number of thiazole rings is 1. The highest BCUT2D eigenvalue weighted by Gasteiger charge is 2.29. The number of hydrogen-bond acceptors (Lipinski definition) is 5. The van der Waals surface area contributed by atoms with Gasteiger partial charge in [-0.2, -0.15) is 0 Å². The minimum absolute atomic E-state index is 0.0829. The predicted molar refractivity (Wildman–Crippen MR) is 88.8 cm³/mol. The minimum Gasteiger partial charge on any atom is -0.379 e. The molecule has 1 aliphatic heterocycles. The lowest BCUT2D eigenvalue weighted by Crippen LogP contribution is -2.50. The Balaban J connectivity index is 1.66. The second-order valence-electron chi connectivity index (χ2n) is 5.37. The van der Waals surface area contributed by atoms with E-state index in [1.165, 1.54) is 29.5 Å². The topological polar surface area (TPSA) is 60.5 Å². The molecule has 0 saturated carbocycles. The number of benzene rings is 1. The zero-order valence-electron chi connectivity index (χ0n) is 12.7. The van der Waals surface area contributed by atoms with Gasteiger partial charge in [0, 0.05) is 12.0 Å². The van der Waals surface area contributed by atoms with Gasteiger partial charge >= 0.3 is 0 Å². The molecule has 1 fully saturated rings. The Labute approximate surface area is 147 Å². The summed E-state index contributed by atoms with van der Waals surface area (Å²) in [6, 6.07) is 3.88. The van der Waals surface area contributed by atoms with Gasteiger partial charge in [-0.3, -0.25) is 4.79 Å². The lowest BCUT2D eigenvalue weighted by atomic mass is 10.0. The first-order valence-electron chi connectivity index (χ1n) is 7.46. The number of ether oxygens (including phenoxy) is 2. The molecule has 1 aromatic heterocycles. The highest BCUT2D eigenvalue weighted by atomic mass is 35.5. The standard InChI is InChI=1S/C16H16ClFN2O3S/c17-11-2-1-3-12(18)15(11)16(21)20-13-4-5-22-7-14(13)23-6-10-8-24-9-19-10/h1-3,8-9,13-14H,4-7H2,(H,20,21)/t13-,14-/m1/s1. The molecule has 2 aromatic rings. The quantitative estimate of drug-likeness (QED) is 0.878. The van der Waals surface area contributed by atoms with Crippen molar-refractivity contribution in [2.24, 2.45) is 0 Å². The van der Waals surface area contributed by atoms with Crippen molar-refractivity contribution in [1.82, 2.24) is 10.3 Å². The van der Waals surface area contributed by atoms with Crippen LogP contribution in [0.3, 0.4) is 0 Å². The number of carbonyl (C=O) groups is 1. The fraction of sp³-hybridized carbons (Fsp3) is 0.375. The first kappa shape index (κ1) is 17.3. The number of nitrogens with zero attached hydrogens (tertiary/aromatic N) is 1. The van der Waals surface area contributed by atoms with Gasteiger partial charge in [-0.25, -0.2) is 9.37 Å². The number of aromatic nitrogens is 1. The van der Waals surface area contributed by atoms with E-state index in [0.717, 1.165) is 5.69 Å². The van der Waals surface area contributed by atoms with Crippen molar-refractivity contribution in [2.45, 2.75) is 25.2 Å². The lowest BCUT2D eigenvalue weighted by Gasteiger charge is -2.32. The van der Waals surface area contributed by atoms with E-state index in [9.17, 15) is 9.18 Å². The molecule has 1 N–H and O–H groups in total. The van der Waals surface area contributed by atoms with E-state index in [4.69, 9.17) is 21.1 Å². The summed E-state index contributed by atoms with van der Waals surface area (Å²) < 4.78 is 25.1. The molecule has 3 rings (SSSR count). The van der Waals surface area contributed by atoms with Crippen LogP contribution < -0.4 is 5.32 Å². The average molecular weight is 371 g/mol. The molecule has 0 unspecified atom stereocenters. The second-order valence-corrected chi connectivity index (χ2v) is 6.50. The van der Waals surface area contributed by atoms with Crippen LogP contribution in [0.1, 0.15) is 22.5 Å². The van der Waals surface area contributed by atoms with E-state index in [1.54, 1.807) is 5.51 Å². The Morgan fingerprint density at radius 2 is 2.42 bits per heavy atom. The SMILES string of the molecule is O=C(N[C@@H]1CCOC[C@H]1OCc1cscn1)c1c(F)cccc1Cl. The summed E-state index contributed by atoms with van der Waals surface area (Å²) >= 11 is 7.43. The Kier molecular flexibility index (Phi) is 5.78. The normalized spacial score (nSPS) is 20.8. The van der Waals surface area contributed by atoms with Crippen molar-refractivity contribution < 1.29 is 18.7 Å². The largest absolute Gasteiger partial charge is 0.379 e. The maximum atomic E-state index is 13.9. The summed E-state index contributed by atoms with van der Waals surface area (Å²) in [6.07, 6.45) is 0.259. The third kappa shape index (κ3) is 4.10. The molecular weight excluding hydrogens is 355 g/mol. The summed E-state index contributed by atoms with van der Waals surface area (Å²) in [6.45, 7) is 1.21. The van der Waals surface area contributed by atoms with Crippen LogP contribution in [0.4, 0.5) is 4.39 Å². The zero-order valence-corrected chi connectivity index (χ0v) is 14.3. The van der Waals surface area contributed by atoms with Crippen molar-refractivity contribution in [3.05, 3.63) is 51.2 Å². The molecule has 24 heavy (non-hydrogen) atoms. The van der Waals surface area contributed by atoms with Crippen molar-refractivity contribution in [2.75, 3.05) is 13.2 Å². The van der Waals surface area contributed by atoms with Crippen LogP contribution in [0.5, 0.6) is 0 Å². The molecule has 1 aliphatic rings. The fourth-order valence-corrected chi connectivity index (χ4v) is 3.29. The number of hydrogen-bond donors (Lipinski definition) is 1. The minimum atomic E-state index is -0.646. The molecule has 8 heteroatoms. The first-order valence-corrected chi connectivity index (χ1v) is 8.78. The van der Waals surface area contributed by atoms with Crippen molar-refractivity contribution in [3.63, 3.8) is 0 Å². The fourth-order valence-electron chi connectivity index (χ4n) is 2.50. The molecule has 1 amide bonds. The highest BCUT2D eigenvalue weighted by molar-refractivity contribution is 7.07. The molecule has 1 saturated heterocycles.